The van der Waals surface area contributed by atoms with Crippen LogP contribution in [-0.4, -0.2) is 10.9 Å². The van der Waals surface area contributed by atoms with Gasteiger partial charge in [0.2, 0.25) is 0 Å². The number of benzene rings is 1. The van der Waals surface area contributed by atoms with E-state index in [1.807, 2.05) is 19.9 Å². The average molecular weight is 204 g/mol. The Labute approximate surface area is 89.9 Å². The molecule has 0 radical (unpaired) electrons. The average Bonchev–Trinajstić information content (AvgIpc) is 2.26. The molecule has 0 unspecified atom stereocenters. The zero-order chi connectivity index (χ0) is 11.1. The van der Waals surface area contributed by atoms with Gasteiger partial charge in [0.25, 0.3) is 0 Å². The molecule has 1 aromatic rings. The first-order valence-corrected chi connectivity index (χ1v) is 5.34. The Morgan fingerprint density at radius 1 is 1.33 bits per heavy atom. The Morgan fingerprint density at radius 2 is 2.07 bits per heavy atom. The molecular weight excluding hydrogens is 188 g/mol. The van der Waals surface area contributed by atoms with E-state index in [0.29, 0.717) is 12.2 Å². The molecule has 0 atom stereocenters. The predicted molar refractivity (Wildman–Crippen MR) is 58.9 cm³/mol. The second-order valence-corrected chi connectivity index (χ2v) is 4.90. The summed E-state index contributed by atoms with van der Waals surface area (Å²) in [6, 6.07) is 5.44. The largest absolute Gasteiger partial charge is 0.508 e. The summed E-state index contributed by atoms with van der Waals surface area (Å²) < 4.78 is 0. The quantitative estimate of drug-likeness (QED) is 0.659. The van der Waals surface area contributed by atoms with Crippen LogP contribution in [0.2, 0.25) is 0 Å². The number of hydrogen-bond acceptors (Lipinski definition) is 2. The number of rotatable bonds is 0. The normalized spacial score (nSPS) is 19.5. The van der Waals surface area contributed by atoms with Crippen LogP contribution in [0.1, 0.15) is 31.4 Å². The third-order valence-corrected chi connectivity index (χ3v) is 3.35. The van der Waals surface area contributed by atoms with Crippen LogP contribution in [0.25, 0.3) is 0 Å². The van der Waals surface area contributed by atoms with Gasteiger partial charge in [-0.15, -0.1) is 0 Å². The highest BCUT2D eigenvalue weighted by Gasteiger charge is 2.31. The van der Waals surface area contributed by atoms with Gasteiger partial charge < -0.3 is 5.11 Å². The molecule has 0 saturated heterocycles. The molecule has 0 amide bonds. The van der Waals surface area contributed by atoms with Crippen molar-refractivity contribution < 1.29 is 9.90 Å². The summed E-state index contributed by atoms with van der Waals surface area (Å²) in [7, 11) is 0. The van der Waals surface area contributed by atoms with Crippen LogP contribution < -0.4 is 0 Å². The van der Waals surface area contributed by atoms with Gasteiger partial charge in [0.15, 0.2) is 0 Å². The topological polar surface area (TPSA) is 37.3 Å². The minimum atomic E-state index is -0.258. The van der Waals surface area contributed by atoms with E-state index in [1.165, 1.54) is 0 Å². The van der Waals surface area contributed by atoms with Crippen molar-refractivity contribution in [1.29, 1.82) is 0 Å². The van der Waals surface area contributed by atoms with Gasteiger partial charge in [-0.2, -0.15) is 0 Å². The number of fused-ring (bicyclic) bond motifs is 1. The van der Waals surface area contributed by atoms with Crippen molar-refractivity contribution >= 4 is 5.78 Å². The number of Topliss-reactive ketones (excluding diaryl/α,β-unsaturated/α-hetero) is 1. The van der Waals surface area contributed by atoms with Crippen molar-refractivity contribution in [3.8, 4) is 5.75 Å². The summed E-state index contributed by atoms with van der Waals surface area (Å²) in [4.78, 5) is 11.9. The summed E-state index contributed by atoms with van der Waals surface area (Å²) >= 11 is 0. The van der Waals surface area contributed by atoms with E-state index in [1.54, 1.807) is 12.1 Å². The van der Waals surface area contributed by atoms with Crippen LogP contribution in [0.3, 0.4) is 0 Å². The van der Waals surface area contributed by atoms with Crippen molar-refractivity contribution in [1.82, 2.24) is 0 Å². The number of carbonyl (C=O) groups is 1. The standard InChI is InChI=1S/C13H16O2/c1-13(2)7-6-10-9(8-12(13)15)4-3-5-11(10)14/h3-5,14H,6-8H2,1-2H3. The molecule has 15 heavy (non-hydrogen) atoms. The number of ketones is 1. The second kappa shape index (κ2) is 3.37. The minimum Gasteiger partial charge on any atom is -0.508 e. The molecule has 2 heteroatoms. The third kappa shape index (κ3) is 1.76. The van der Waals surface area contributed by atoms with Gasteiger partial charge in [-0.25, -0.2) is 0 Å². The third-order valence-electron chi connectivity index (χ3n) is 3.35. The number of phenols is 1. The highest BCUT2D eigenvalue weighted by atomic mass is 16.3. The fourth-order valence-corrected chi connectivity index (χ4v) is 2.06. The number of aromatic hydroxyl groups is 1. The van der Waals surface area contributed by atoms with Crippen molar-refractivity contribution in [3.05, 3.63) is 29.3 Å². The summed E-state index contributed by atoms with van der Waals surface area (Å²) in [6.07, 6.45) is 2.06. The molecule has 1 aromatic carbocycles. The van der Waals surface area contributed by atoms with Crippen molar-refractivity contribution in [3.63, 3.8) is 0 Å². The van der Waals surface area contributed by atoms with E-state index in [-0.39, 0.29) is 11.2 Å². The Balaban J connectivity index is 2.44. The van der Waals surface area contributed by atoms with Crippen LogP contribution in [0, 0.1) is 5.41 Å². The summed E-state index contributed by atoms with van der Waals surface area (Å²) in [6.45, 7) is 3.97. The lowest BCUT2D eigenvalue weighted by atomic mass is 9.83. The molecule has 0 spiro atoms. The Morgan fingerprint density at radius 3 is 2.80 bits per heavy atom. The molecule has 2 nitrogen and oxygen atoms in total. The lowest BCUT2D eigenvalue weighted by Gasteiger charge is -2.19. The van der Waals surface area contributed by atoms with Gasteiger partial charge in [-0.05, 0) is 30.0 Å². The molecule has 0 bridgehead atoms. The molecule has 1 N–H and O–H groups in total. The lowest BCUT2D eigenvalue weighted by molar-refractivity contribution is -0.126. The molecule has 1 aliphatic carbocycles. The Hall–Kier alpha value is -1.31. The SMILES string of the molecule is CC1(C)CCc2c(O)cccc2CC1=O. The van der Waals surface area contributed by atoms with Crippen molar-refractivity contribution in [2.24, 2.45) is 5.41 Å². The van der Waals surface area contributed by atoms with Gasteiger partial charge in [0.05, 0.1) is 0 Å². The highest BCUT2D eigenvalue weighted by molar-refractivity contribution is 5.87. The Kier molecular flexibility index (Phi) is 2.29. The van der Waals surface area contributed by atoms with Gasteiger partial charge in [0.1, 0.15) is 11.5 Å². The summed E-state index contributed by atoms with van der Waals surface area (Å²) in [5.74, 6) is 0.602. The van der Waals surface area contributed by atoms with Crippen LogP contribution in [0.15, 0.2) is 18.2 Å². The van der Waals surface area contributed by atoms with Gasteiger partial charge in [0, 0.05) is 11.8 Å². The maximum absolute atomic E-state index is 11.9. The van der Waals surface area contributed by atoms with E-state index in [4.69, 9.17) is 0 Å². The molecule has 0 aliphatic heterocycles. The first kappa shape index (κ1) is 10.2. The number of hydrogen-bond donors (Lipinski definition) is 1. The van der Waals surface area contributed by atoms with E-state index < -0.39 is 0 Å². The highest BCUT2D eigenvalue weighted by Crippen LogP contribution is 2.34. The molecule has 0 aromatic heterocycles. The Bertz CT molecular complexity index is 405. The van der Waals surface area contributed by atoms with Crippen LogP contribution in [0.4, 0.5) is 0 Å². The molecule has 1 aliphatic rings. The van der Waals surface area contributed by atoms with Crippen LogP contribution >= 0.6 is 0 Å². The fourth-order valence-electron chi connectivity index (χ4n) is 2.06. The molecule has 2 rings (SSSR count). The predicted octanol–water partition coefficient (Wildman–Crippen LogP) is 2.48. The molecule has 0 fully saturated rings. The van der Waals surface area contributed by atoms with E-state index in [0.717, 1.165) is 24.0 Å². The molecule has 0 saturated carbocycles. The number of carbonyl (C=O) groups excluding carboxylic acids is 1. The zero-order valence-corrected chi connectivity index (χ0v) is 9.21. The van der Waals surface area contributed by atoms with Crippen LogP contribution in [0.5, 0.6) is 5.75 Å². The molecular formula is C13H16O2. The lowest BCUT2D eigenvalue weighted by Crippen LogP contribution is -2.24. The second-order valence-electron chi connectivity index (χ2n) is 4.90. The maximum atomic E-state index is 11.9. The van der Waals surface area contributed by atoms with Gasteiger partial charge in [-0.1, -0.05) is 26.0 Å². The van der Waals surface area contributed by atoms with E-state index >= 15 is 0 Å². The van der Waals surface area contributed by atoms with Gasteiger partial charge in [-0.3, -0.25) is 4.79 Å². The van der Waals surface area contributed by atoms with Crippen LogP contribution in [-0.2, 0) is 17.6 Å². The molecule has 0 heterocycles. The van der Waals surface area contributed by atoms with E-state index in [9.17, 15) is 9.90 Å². The minimum absolute atomic E-state index is 0.258. The van der Waals surface area contributed by atoms with E-state index in [2.05, 4.69) is 0 Å². The monoisotopic (exact) mass is 204 g/mol. The van der Waals surface area contributed by atoms with Crippen molar-refractivity contribution in [2.75, 3.05) is 0 Å². The number of phenolic OH excluding ortho intramolecular Hbond substituents is 1. The summed E-state index contributed by atoms with van der Waals surface area (Å²) in [5, 5.41) is 9.73. The maximum Gasteiger partial charge on any atom is 0.142 e. The van der Waals surface area contributed by atoms with Crippen molar-refractivity contribution in [2.45, 2.75) is 33.1 Å². The fraction of sp³-hybridized carbons (Fsp3) is 0.462. The first-order chi connectivity index (χ1) is 7.00. The zero-order valence-electron chi connectivity index (χ0n) is 9.21. The molecule has 80 valence electrons. The van der Waals surface area contributed by atoms with Gasteiger partial charge >= 0.3 is 0 Å². The summed E-state index contributed by atoms with van der Waals surface area (Å²) in [5.41, 5.74) is 1.69. The first-order valence-electron chi connectivity index (χ1n) is 5.34. The smallest absolute Gasteiger partial charge is 0.142 e.